The first-order chi connectivity index (χ1) is 9.71. The van der Waals surface area contributed by atoms with Crippen LogP contribution in [-0.4, -0.2) is 24.0 Å². The van der Waals surface area contributed by atoms with Crippen LogP contribution in [0.5, 0.6) is 5.75 Å². The van der Waals surface area contributed by atoms with Gasteiger partial charge in [-0.3, -0.25) is 4.79 Å². The molecule has 0 unspecified atom stereocenters. The maximum absolute atomic E-state index is 11.2. The van der Waals surface area contributed by atoms with Crippen molar-refractivity contribution < 1.29 is 9.53 Å². The second-order valence-corrected chi connectivity index (χ2v) is 5.01. The standard InChI is InChI=1S/C14H17N3O2S/c1-2-19-12-5-3-10(4-6-12)7-11-9-20-14(16-11)17-13(18)8-15/h3-6,9H,2,7-8,15H2,1H3,(H,16,17,18). The molecule has 1 aromatic heterocycles. The second-order valence-electron chi connectivity index (χ2n) is 4.15. The van der Waals surface area contributed by atoms with E-state index in [2.05, 4.69) is 10.3 Å². The van der Waals surface area contributed by atoms with Crippen LogP contribution in [-0.2, 0) is 11.2 Å². The van der Waals surface area contributed by atoms with Crippen molar-refractivity contribution in [2.24, 2.45) is 5.73 Å². The monoisotopic (exact) mass is 291 g/mol. The average Bonchev–Trinajstić information content (AvgIpc) is 2.88. The third-order valence-electron chi connectivity index (χ3n) is 2.60. The van der Waals surface area contributed by atoms with E-state index in [1.807, 2.05) is 36.6 Å². The Morgan fingerprint density at radius 2 is 2.15 bits per heavy atom. The van der Waals surface area contributed by atoms with Gasteiger partial charge in [0.1, 0.15) is 5.75 Å². The fourth-order valence-electron chi connectivity index (χ4n) is 1.70. The smallest absolute Gasteiger partial charge is 0.239 e. The van der Waals surface area contributed by atoms with Crippen molar-refractivity contribution >= 4 is 22.4 Å². The van der Waals surface area contributed by atoms with E-state index < -0.39 is 0 Å². The summed E-state index contributed by atoms with van der Waals surface area (Å²) < 4.78 is 5.40. The van der Waals surface area contributed by atoms with E-state index in [1.165, 1.54) is 11.3 Å². The molecule has 0 saturated heterocycles. The molecule has 0 spiro atoms. The van der Waals surface area contributed by atoms with Crippen molar-refractivity contribution in [2.75, 3.05) is 18.5 Å². The Morgan fingerprint density at radius 1 is 1.40 bits per heavy atom. The van der Waals surface area contributed by atoms with Gasteiger partial charge in [-0.1, -0.05) is 12.1 Å². The van der Waals surface area contributed by atoms with Crippen molar-refractivity contribution in [3.05, 3.63) is 40.9 Å². The highest BCUT2D eigenvalue weighted by Crippen LogP contribution is 2.19. The minimum Gasteiger partial charge on any atom is -0.494 e. The number of anilines is 1. The molecule has 1 aromatic carbocycles. The Balaban J connectivity index is 1.97. The van der Waals surface area contributed by atoms with Crippen LogP contribution in [0.1, 0.15) is 18.2 Å². The van der Waals surface area contributed by atoms with E-state index in [1.54, 1.807) is 0 Å². The molecule has 3 N–H and O–H groups in total. The fourth-order valence-corrected chi connectivity index (χ4v) is 2.42. The van der Waals surface area contributed by atoms with Crippen LogP contribution in [0.3, 0.4) is 0 Å². The van der Waals surface area contributed by atoms with Crippen LogP contribution in [0.15, 0.2) is 29.6 Å². The molecule has 0 aliphatic heterocycles. The van der Waals surface area contributed by atoms with Gasteiger partial charge < -0.3 is 15.8 Å². The number of nitrogens with zero attached hydrogens (tertiary/aromatic N) is 1. The molecule has 2 rings (SSSR count). The molecule has 20 heavy (non-hydrogen) atoms. The van der Waals surface area contributed by atoms with Crippen LogP contribution >= 0.6 is 11.3 Å². The molecule has 0 radical (unpaired) electrons. The quantitative estimate of drug-likeness (QED) is 0.853. The summed E-state index contributed by atoms with van der Waals surface area (Å²) in [6, 6.07) is 7.93. The number of thiazole rings is 1. The predicted molar refractivity (Wildman–Crippen MR) is 80.2 cm³/mol. The normalized spacial score (nSPS) is 10.3. The van der Waals surface area contributed by atoms with E-state index in [0.29, 0.717) is 11.7 Å². The maximum atomic E-state index is 11.2. The molecular formula is C14H17N3O2S. The van der Waals surface area contributed by atoms with Crippen molar-refractivity contribution in [1.29, 1.82) is 0 Å². The lowest BCUT2D eigenvalue weighted by Crippen LogP contribution is -2.21. The van der Waals surface area contributed by atoms with Crippen molar-refractivity contribution in [3.63, 3.8) is 0 Å². The Morgan fingerprint density at radius 3 is 2.80 bits per heavy atom. The molecule has 0 atom stereocenters. The summed E-state index contributed by atoms with van der Waals surface area (Å²) in [6.45, 7) is 2.59. The molecule has 106 valence electrons. The summed E-state index contributed by atoms with van der Waals surface area (Å²) >= 11 is 1.40. The third kappa shape index (κ3) is 4.04. The van der Waals surface area contributed by atoms with Gasteiger partial charge in [0.25, 0.3) is 0 Å². The van der Waals surface area contributed by atoms with E-state index >= 15 is 0 Å². The lowest BCUT2D eigenvalue weighted by atomic mass is 10.1. The molecule has 1 amide bonds. The van der Waals surface area contributed by atoms with Crippen molar-refractivity contribution in [3.8, 4) is 5.75 Å². The first-order valence-corrected chi connectivity index (χ1v) is 7.25. The summed E-state index contributed by atoms with van der Waals surface area (Å²) in [5.74, 6) is 0.636. The van der Waals surface area contributed by atoms with Gasteiger partial charge in [0.05, 0.1) is 18.8 Å². The molecule has 0 saturated carbocycles. The van der Waals surface area contributed by atoms with Crippen LogP contribution in [0.2, 0.25) is 0 Å². The molecule has 6 heteroatoms. The number of carbonyl (C=O) groups is 1. The minimum absolute atomic E-state index is 0.0339. The summed E-state index contributed by atoms with van der Waals surface area (Å²) in [5, 5.41) is 5.16. The Kier molecular flexibility index (Phi) is 5.09. The number of ether oxygens (including phenoxy) is 1. The van der Waals surface area contributed by atoms with Gasteiger partial charge in [-0.2, -0.15) is 0 Å². The molecule has 0 fully saturated rings. The largest absolute Gasteiger partial charge is 0.494 e. The fraction of sp³-hybridized carbons (Fsp3) is 0.286. The van der Waals surface area contributed by atoms with E-state index in [4.69, 9.17) is 10.5 Å². The van der Waals surface area contributed by atoms with Gasteiger partial charge in [0.15, 0.2) is 5.13 Å². The number of nitrogens with two attached hydrogens (primary N) is 1. The highest BCUT2D eigenvalue weighted by atomic mass is 32.1. The summed E-state index contributed by atoms with van der Waals surface area (Å²) in [4.78, 5) is 15.5. The number of benzene rings is 1. The summed E-state index contributed by atoms with van der Waals surface area (Å²) in [6.07, 6.45) is 0.724. The van der Waals surface area contributed by atoms with Gasteiger partial charge >= 0.3 is 0 Å². The number of aromatic nitrogens is 1. The number of hydrogen-bond acceptors (Lipinski definition) is 5. The average molecular weight is 291 g/mol. The predicted octanol–water partition coefficient (Wildman–Crippen LogP) is 2.03. The van der Waals surface area contributed by atoms with Crippen LogP contribution < -0.4 is 15.8 Å². The van der Waals surface area contributed by atoms with Gasteiger partial charge in [0.2, 0.25) is 5.91 Å². The third-order valence-corrected chi connectivity index (χ3v) is 3.41. The molecule has 0 aliphatic carbocycles. The SMILES string of the molecule is CCOc1ccc(Cc2csc(NC(=O)CN)n2)cc1. The minimum atomic E-state index is -0.230. The molecular weight excluding hydrogens is 274 g/mol. The van der Waals surface area contributed by atoms with Gasteiger partial charge in [-0.25, -0.2) is 4.98 Å². The molecule has 0 bridgehead atoms. The van der Waals surface area contributed by atoms with Crippen LogP contribution in [0.4, 0.5) is 5.13 Å². The zero-order valence-corrected chi connectivity index (χ0v) is 12.1. The first kappa shape index (κ1) is 14.5. The van der Waals surface area contributed by atoms with Crippen LogP contribution in [0.25, 0.3) is 0 Å². The van der Waals surface area contributed by atoms with Gasteiger partial charge in [0, 0.05) is 11.8 Å². The second kappa shape index (κ2) is 7.02. The van der Waals surface area contributed by atoms with Crippen molar-refractivity contribution in [1.82, 2.24) is 4.98 Å². The van der Waals surface area contributed by atoms with Crippen LogP contribution in [0, 0.1) is 0 Å². The topological polar surface area (TPSA) is 77.2 Å². The van der Waals surface area contributed by atoms with Gasteiger partial charge in [-0.05, 0) is 24.6 Å². The maximum Gasteiger partial charge on any atom is 0.239 e. The van der Waals surface area contributed by atoms with E-state index in [-0.39, 0.29) is 12.5 Å². The number of carbonyl (C=O) groups excluding carboxylic acids is 1. The zero-order valence-electron chi connectivity index (χ0n) is 11.3. The lowest BCUT2D eigenvalue weighted by Gasteiger charge is -2.03. The van der Waals surface area contributed by atoms with E-state index in [9.17, 15) is 4.79 Å². The number of amides is 1. The highest BCUT2D eigenvalue weighted by Gasteiger charge is 2.06. The van der Waals surface area contributed by atoms with Crippen molar-refractivity contribution in [2.45, 2.75) is 13.3 Å². The summed E-state index contributed by atoms with van der Waals surface area (Å²) in [5.41, 5.74) is 7.31. The van der Waals surface area contributed by atoms with E-state index in [0.717, 1.165) is 23.4 Å². The Labute approximate surface area is 121 Å². The Bertz CT molecular complexity index is 566. The zero-order chi connectivity index (χ0) is 14.4. The molecule has 5 nitrogen and oxygen atoms in total. The first-order valence-electron chi connectivity index (χ1n) is 6.37. The number of nitrogens with one attached hydrogen (secondary N) is 1. The highest BCUT2D eigenvalue weighted by molar-refractivity contribution is 7.13. The lowest BCUT2D eigenvalue weighted by molar-refractivity contribution is -0.114. The molecule has 2 aromatic rings. The Hall–Kier alpha value is -1.92. The van der Waals surface area contributed by atoms with Gasteiger partial charge in [-0.15, -0.1) is 11.3 Å². The number of rotatable bonds is 6. The summed E-state index contributed by atoms with van der Waals surface area (Å²) in [7, 11) is 0. The molecule has 0 aliphatic rings. The number of hydrogen-bond donors (Lipinski definition) is 2. The molecule has 1 heterocycles.